The molecule has 0 saturated carbocycles. The fourth-order valence-electron chi connectivity index (χ4n) is 2.19. The number of ketones is 1. The molecule has 0 radical (unpaired) electrons. The van der Waals surface area contributed by atoms with Crippen LogP contribution in [0.25, 0.3) is 0 Å². The van der Waals surface area contributed by atoms with Gasteiger partial charge in [-0.1, -0.05) is 6.07 Å². The molecule has 3 heteroatoms. The average Bonchev–Trinajstić information content (AvgIpc) is 2.21. The number of hydrogen-bond donors (Lipinski definition) is 0. The van der Waals surface area contributed by atoms with Gasteiger partial charge in [-0.05, 0) is 57.6 Å². The molecule has 17 heavy (non-hydrogen) atoms. The van der Waals surface area contributed by atoms with Crippen LogP contribution in [-0.4, -0.2) is 31.9 Å². The lowest BCUT2D eigenvalue weighted by Gasteiger charge is -2.24. The van der Waals surface area contributed by atoms with Crippen LogP contribution in [0, 0.1) is 13.8 Å². The van der Waals surface area contributed by atoms with Gasteiger partial charge in [0.1, 0.15) is 5.75 Å². The van der Waals surface area contributed by atoms with Crippen LogP contribution in [0.15, 0.2) is 12.1 Å². The molecule has 0 fully saturated rings. The molecule has 0 aliphatic heterocycles. The van der Waals surface area contributed by atoms with Crippen molar-refractivity contribution in [3.63, 3.8) is 0 Å². The lowest BCUT2D eigenvalue weighted by Crippen LogP contribution is -2.26. The second kappa shape index (κ2) is 5.32. The minimum absolute atomic E-state index is 0.155. The van der Waals surface area contributed by atoms with Gasteiger partial charge >= 0.3 is 0 Å². The highest BCUT2D eigenvalue weighted by atomic mass is 16.5. The molecular formula is C14H21NO2. The first-order chi connectivity index (χ1) is 7.88. The summed E-state index contributed by atoms with van der Waals surface area (Å²) in [4.78, 5) is 13.7. The zero-order valence-electron chi connectivity index (χ0n) is 11.5. The Labute approximate surface area is 103 Å². The monoisotopic (exact) mass is 235 g/mol. The Kier molecular flexibility index (Phi) is 4.29. The van der Waals surface area contributed by atoms with Gasteiger partial charge in [-0.3, -0.25) is 9.69 Å². The fraction of sp³-hybridized carbons (Fsp3) is 0.500. The Morgan fingerprint density at radius 3 is 2.24 bits per heavy atom. The van der Waals surface area contributed by atoms with Gasteiger partial charge in [0, 0.05) is 0 Å². The number of nitrogens with zero attached hydrogens (tertiary/aromatic N) is 1. The van der Waals surface area contributed by atoms with Crippen LogP contribution in [-0.2, 0) is 4.79 Å². The van der Waals surface area contributed by atoms with E-state index in [1.54, 1.807) is 14.0 Å². The normalized spacial score (nSPS) is 12.6. The highest BCUT2D eigenvalue weighted by Crippen LogP contribution is 2.29. The van der Waals surface area contributed by atoms with Crippen molar-refractivity contribution in [2.24, 2.45) is 0 Å². The van der Waals surface area contributed by atoms with Gasteiger partial charge in [-0.15, -0.1) is 0 Å². The third-order valence-electron chi connectivity index (χ3n) is 2.98. The zero-order chi connectivity index (χ0) is 13.2. The van der Waals surface area contributed by atoms with Crippen molar-refractivity contribution in [1.82, 2.24) is 4.90 Å². The summed E-state index contributed by atoms with van der Waals surface area (Å²) in [7, 11) is 5.51. The summed E-state index contributed by atoms with van der Waals surface area (Å²) in [5.74, 6) is 1.02. The van der Waals surface area contributed by atoms with Crippen molar-refractivity contribution < 1.29 is 9.53 Å². The molecule has 0 aliphatic carbocycles. The maximum absolute atomic E-state index is 11.7. The van der Waals surface area contributed by atoms with Gasteiger partial charge in [0.15, 0.2) is 5.78 Å². The third kappa shape index (κ3) is 2.86. The van der Waals surface area contributed by atoms with Crippen molar-refractivity contribution >= 4 is 5.78 Å². The first kappa shape index (κ1) is 13.7. The van der Waals surface area contributed by atoms with Gasteiger partial charge in [0.25, 0.3) is 0 Å². The molecule has 3 nitrogen and oxygen atoms in total. The minimum Gasteiger partial charge on any atom is -0.496 e. The number of rotatable bonds is 4. The van der Waals surface area contributed by atoms with Crippen LogP contribution >= 0.6 is 0 Å². The lowest BCUT2D eigenvalue weighted by atomic mass is 9.95. The van der Waals surface area contributed by atoms with E-state index in [0.29, 0.717) is 0 Å². The van der Waals surface area contributed by atoms with Gasteiger partial charge in [0.2, 0.25) is 0 Å². The first-order valence-electron chi connectivity index (χ1n) is 5.70. The Balaban J connectivity index is 3.30. The summed E-state index contributed by atoms with van der Waals surface area (Å²) >= 11 is 0. The van der Waals surface area contributed by atoms with E-state index in [0.717, 1.165) is 22.4 Å². The quantitative estimate of drug-likeness (QED) is 0.803. The van der Waals surface area contributed by atoms with Crippen molar-refractivity contribution in [2.75, 3.05) is 21.2 Å². The third-order valence-corrected chi connectivity index (χ3v) is 2.98. The Morgan fingerprint density at radius 2 is 1.82 bits per heavy atom. The molecule has 0 bridgehead atoms. The summed E-state index contributed by atoms with van der Waals surface area (Å²) in [5.41, 5.74) is 3.20. The van der Waals surface area contributed by atoms with E-state index < -0.39 is 0 Å². The summed E-state index contributed by atoms with van der Waals surface area (Å²) in [6.07, 6.45) is 0. The average molecular weight is 235 g/mol. The van der Waals surface area contributed by atoms with Gasteiger partial charge in [0.05, 0.1) is 13.2 Å². The zero-order valence-corrected chi connectivity index (χ0v) is 11.5. The van der Waals surface area contributed by atoms with Crippen LogP contribution in [0.2, 0.25) is 0 Å². The molecule has 1 rings (SSSR count). The maximum Gasteiger partial charge on any atom is 0.151 e. The Morgan fingerprint density at radius 1 is 1.24 bits per heavy atom. The highest BCUT2D eigenvalue weighted by Gasteiger charge is 2.21. The molecule has 0 spiro atoms. The number of aryl methyl sites for hydroxylation is 2. The second-order valence-electron chi connectivity index (χ2n) is 4.66. The molecule has 0 heterocycles. The minimum atomic E-state index is -0.181. The number of methoxy groups -OCH3 is 1. The molecule has 94 valence electrons. The smallest absolute Gasteiger partial charge is 0.151 e. The fourth-order valence-corrected chi connectivity index (χ4v) is 2.19. The van der Waals surface area contributed by atoms with E-state index in [1.807, 2.05) is 45.0 Å². The van der Waals surface area contributed by atoms with Crippen LogP contribution in [0.5, 0.6) is 5.75 Å². The molecule has 1 aromatic carbocycles. The van der Waals surface area contributed by atoms with Crippen LogP contribution in [0.3, 0.4) is 0 Å². The Bertz CT molecular complexity index is 424. The van der Waals surface area contributed by atoms with Gasteiger partial charge in [-0.2, -0.15) is 0 Å². The molecule has 0 saturated heterocycles. The number of carbonyl (C=O) groups excluding carboxylic acids is 1. The number of Topliss-reactive ketones (excluding diaryl/α,β-unsaturated/α-hetero) is 1. The first-order valence-corrected chi connectivity index (χ1v) is 5.70. The highest BCUT2D eigenvalue weighted by molar-refractivity contribution is 5.83. The predicted octanol–water partition coefficient (Wildman–Crippen LogP) is 2.50. The topological polar surface area (TPSA) is 29.5 Å². The SMILES string of the molecule is COc1cc(C)c(C(C(C)=O)N(C)C)cc1C. The molecule has 0 amide bonds. The van der Waals surface area contributed by atoms with Crippen molar-refractivity contribution in [3.8, 4) is 5.75 Å². The van der Waals surface area contributed by atoms with Crippen LogP contribution in [0.1, 0.15) is 29.7 Å². The summed E-state index contributed by atoms with van der Waals surface area (Å²) in [6.45, 7) is 5.63. The Hall–Kier alpha value is -1.35. The number of benzene rings is 1. The number of carbonyl (C=O) groups is 1. The molecule has 0 N–H and O–H groups in total. The number of likely N-dealkylation sites (N-methyl/N-ethyl adjacent to an activating group) is 1. The van der Waals surface area contributed by atoms with Crippen LogP contribution < -0.4 is 4.74 Å². The second-order valence-corrected chi connectivity index (χ2v) is 4.66. The van der Waals surface area contributed by atoms with Gasteiger partial charge in [-0.25, -0.2) is 0 Å². The predicted molar refractivity (Wildman–Crippen MR) is 69.6 cm³/mol. The molecule has 0 aromatic heterocycles. The van der Waals surface area contributed by atoms with Crippen molar-refractivity contribution in [1.29, 1.82) is 0 Å². The molecule has 1 unspecified atom stereocenters. The summed E-state index contributed by atoms with van der Waals surface area (Å²) in [5, 5.41) is 0. The van der Waals surface area contributed by atoms with E-state index in [2.05, 4.69) is 0 Å². The molecular weight excluding hydrogens is 214 g/mol. The number of hydrogen-bond acceptors (Lipinski definition) is 3. The number of ether oxygens (including phenoxy) is 1. The van der Waals surface area contributed by atoms with Gasteiger partial charge < -0.3 is 4.74 Å². The maximum atomic E-state index is 11.7. The van der Waals surface area contributed by atoms with E-state index in [-0.39, 0.29) is 11.8 Å². The molecule has 1 aromatic rings. The molecule has 1 atom stereocenters. The summed E-state index contributed by atoms with van der Waals surface area (Å²) in [6, 6.07) is 3.85. The van der Waals surface area contributed by atoms with E-state index >= 15 is 0 Å². The summed E-state index contributed by atoms with van der Waals surface area (Å²) < 4.78 is 5.28. The largest absolute Gasteiger partial charge is 0.496 e. The van der Waals surface area contributed by atoms with E-state index in [9.17, 15) is 4.79 Å². The lowest BCUT2D eigenvalue weighted by molar-refractivity contribution is -0.121. The van der Waals surface area contributed by atoms with Crippen LogP contribution in [0.4, 0.5) is 0 Å². The van der Waals surface area contributed by atoms with Crippen molar-refractivity contribution in [3.05, 3.63) is 28.8 Å². The molecule has 0 aliphatic rings. The standard InChI is InChI=1S/C14H21NO2/c1-9-8-13(17-6)10(2)7-12(9)14(11(3)16)15(4)5/h7-8,14H,1-6H3. The van der Waals surface area contributed by atoms with E-state index in [4.69, 9.17) is 4.74 Å². The van der Waals surface area contributed by atoms with E-state index in [1.165, 1.54) is 0 Å². The van der Waals surface area contributed by atoms with Crippen molar-refractivity contribution in [2.45, 2.75) is 26.8 Å².